The molecule has 0 saturated heterocycles. The second kappa shape index (κ2) is 5.38. The van der Waals surface area contributed by atoms with E-state index in [-0.39, 0.29) is 11.8 Å². The average molecular weight is 321 g/mol. The Labute approximate surface area is 137 Å². The number of imidazole rings is 1. The topological polar surface area (TPSA) is 99.1 Å². The first kappa shape index (κ1) is 14.3. The number of nitrogens with zero attached hydrogens (tertiary/aromatic N) is 4. The summed E-state index contributed by atoms with van der Waals surface area (Å²) in [6.07, 6.45) is 1.68. The van der Waals surface area contributed by atoms with E-state index in [2.05, 4.69) is 15.0 Å². The van der Waals surface area contributed by atoms with Crippen LogP contribution in [-0.4, -0.2) is 31.7 Å². The van der Waals surface area contributed by atoms with Crippen LogP contribution in [-0.2, 0) is 6.54 Å². The lowest BCUT2D eigenvalue weighted by Crippen LogP contribution is -2.01. The Kier molecular flexibility index (Phi) is 3.19. The van der Waals surface area contributed by atoms with Crippen molar-refractivity contribution in [1.82, 2.24) is 19.5 Å². The standard InChI is InChI=1S/C17H15N5O2/c1-24-11-6-4-10(5-7-11)9-22-15-13-12(3-2-8-19-13)20-16(18)14(15)21-17(22)23/h2-8H,9H2,1H3,(H2,18,20)(H,21,23). The van der Waals surface area contributed by atoms with Gasteiger partial charge >= 0.3 is 0 Å². The summed E-state index contributed by atoms with van der Waals surface area (Å²) >= 11 is 0. The Balaban J connectivity index is 1.92. The summed E-state index contributed by atoms with van der Waals surface area (Å²) in [5, 5.41) is 10.3. The minimum Gasteiger partial charge on any atom is -0.497 e. The first-order valence-electron chi connectivity index (χ1n) is 7.39. The fourth-order valence-corrected chi connectivity index (χ4v) is 2.78. The predicted molar refractivity (Wildman–Crippen MR) is 91.0 cm³/mol. The van der Waals surface area contributed by atoms with Gasteiger partial charge in [-0.15, -0.1) is 0 Å². The van der Waals surface area contributed by atoms with Crippen molar-refractivity contribution in [2.75, 3.05) is 12.8 Å². The van der Waals surface area contributed by atoms with E-state index in [9.17, 15) is 5.11 Å². The van der Waals surface area contributed by atoms with E-state index in [1.807, 2.05) is 30.3 Å². The molecule has 4 aromatic rings. The van der Waals surface area contributed by atoms with E-state index in [0.717, 1.165) is 11.3 Å². The highest BCUT2D eigenvalue weighted by atomic mass is 16.5. The second-order valence-corrected chi connectivity index (χ2v) is 5.41. The second-order valence-electron chi connectivity index (χ2n) is 5.41. The van der Waals surface area contributed by atoms with Crippen molar-refractivity contribution in [3.63, 3.8) is 0 Å². The summed E-state index contributed by atoms with van der Waals surface area (Å²) in [5.41, 5.74) is 9.43. The van der Waals surface area contributed by atoms with Gasteiger partial charge in [0.25, 0.3) is 6.01 Å². The molecular weight excluding hydrogens is 306 g/mol. The van der Waals surface area contributed by atoms with Gasteiger partial charge in [-0.25, -0.2) is 4.98 Å². The third-order valence-corrected chi connectivity index (χ3v) is 3.94. The minimum atomic E-state index is -0.118. The number of aromatic hydroxyl groups is 1. The minimum absolute atomic E-state index is 0.118. The third-order valence-electron chi connectivity index (χ3n) is 3.94. The van der Waals surface area contributed by atoms with Gasteiger partial charge in [-0.3, -0.25) is 9.55 Å². The molecule has 0 aliphatic heterocycles. The summed E-state index contributed by atoms with van der Waals surface area (Å²) in [5.74, 6) is 1.05. The molecule has 0 spiro atoms. The van der Waals surface area contributed by atoms with Crippen LogP contribution in [0.2, 0.25) is 0 Å². The zero-order valence-corrected chi connectivity index (χ0v) is 13.0. The number of hydrogen-bond donors (Lipinski definition) is 2. The third kappa shape index (κ3) is 2.18. The Morgan fingerprint density at radius 3 is 2.67 bits per heavy atom. The molecule has 0 amide bonds. The predicted octanol–water partition coefficient (Wildman–Crippen LogP) is 2.32. The lowest BCUT2D eigenvalue weighted by molar-refractivity contribution is 0.408. The Hall–Kier alpha value is -3.35. The van der Waals surface area contributed by atoms with Crippen LogP contribution in [0.5, 0.6) is 11.8 Å². The zero-order valence-electron chi connectivity index (χ0n) is 13.0. The number of fused-ring (bicyclic) bond motifs is 3. The maximum Gasteiger partial charge on any atom is 0.295 e. The summed E-state index contributed by atoms with van der Waals surface area (Å²) in [6.45, 7) is 0.432. The number of aromatic nitrogens is 4. The van der Waals surface area contributed by atoms with Gasteiger partial charge in [0.1, 0.15) is 22.3 Å². The molecule has 3 heterocycles. The van der Waals surface area contributed by atoms with Gasteiger partial charge in [0, 0.05) is 6.20 Å². The number of pyridine rings is 2. The van der Waals surface area contributed by atoms with Crippen LogP contribution in [0.25, 0.3) is 22.1 Å². The largest absolute Gasteiger partial charge is 0.497 e. The molecule has 4 rings (SSSR count). The number of nitrogens with two attached hydrogens (primary N) is 1. The van der Waals surface area contributed by atoms with Crippen LogP contribution in [0.4, 0.5) is 5.82 Å². The van der Waals surface area contributed by atoms with E-state index in [4.69, 9.17) is 10.5 Å². The smallest absolute Gasteiger partial charge is 0.295 e. The molecule has 0 bridgehead atoms. The molecule has 24 heavy (non-hydrogen) atoms. The zero-order chi connectivity index (χ0) is 16.7. The molecule has 7 nitrogen and oxygen atoms in total. The maximum atomic E-state index is 10.3. The van der Waals surface area contributed by atoms with Crippen LogP contribution in [0.3, 0.4) is 0 Å². The quantitative estimate of drug-likeness (QED) is 0.601. The number of ether oxygens (including phenoxy) is 1. The molecular formula is C17H15N5O2. The van der Waals surface area contributed by atoms with E-state index in [1.54, 1.807) is 23.9 Å². The molecule has 0 aliphatic rings. The monoisotopic (exact) mass is 321 g/mol. The number of methoxy groups -OCH3 is 1. The van der Waals surface area contributed by atoms with Crippen molar-refractivity contribution in [3.8, 4) is 11.8 Å². The highest BCUT2D eigenvalue weighted by molar-refractivity contribution is 6.04. The van der Waals surface area contributed by atoms with E-state index < -0.39 is 0 Å². The molecule has 0 radical (unpaired) electrons. The molecule has 0 atom stereocenters. The number of nitrogen functional groups attached to an aromatic ring is 1. The normalized spacial score (nSPS) is 11.2. The van der Waals surface area contributed by atoms with Gasteiger partial charge in [0.15, 0.2) is 5.82 Å². The van der Waals surface area contributed by atoms with Crippen molar-refractivity contribution in [2.24, 2.45) is 0 Å². The van der Waals surface area contributed by atoms with Crippen molar-refractivity contribution in [2.45, 2.75) is 6.54 Å². The molecule has 3 aromatic heterocycles. The number of benzene rings is 1. The van der Waals surface area contributed by atoms with Gasteiger partial charge in [-0.05, 0) is 29.8 Å². The Morgan fingerprint density at radius 2 is 1.92 bits per heavy atom. The van der Waals surface area contributed by atoms with E-state index in [1.165, 1.54) is 0 Å². The first-order chi connectivity index (χ1) is 11.7. The summed E-state index contributed by atoms with van der Waals surface area (Å²) < 4.78 is 6.85. The van der Waals surface area contributed by atoms with Crippen molar-refractivity contribution < 1.29 is 9.84 Å². The molecule has 120 valence electrons. The van der Waals surface area contributed by atoms with Gasteiger partial charge in [0.2, 0.25) is 0 Å². The van der Waals surface area contributed by atoms with Gasteiger partial charge in [0.05, 0.1) is 19.2 Å². The Morgan fingerprint density at radius 1 is 1.12 bits per heavy atom. The SMILES string of the molecule is COc1ccc(Cn2c(O)nc3c(N)nc4cccnc4c32)cc1. The number of rotatable bonds is 3. The molecule has 3 N–H and O–H groups in total. The first-order valence-corrected chi connectivity index (χ1v) is 7.39. The molecule has 0 unspecified atom stereocenters. The maximum absolute atomic E-state index is 10.3. The average Bonchev–Trinajstić information content (AvgIpc) is 2.93. The van der Waals surface area contributed by atoms with Crippen molar-refractivity contribution in [3.05, 3.63) is 48.2 Å². The Bertz CT molecular complexity index is 1040. The van der Waals surface area contributed by atoms with Crippen LogP contribution < -0.4 is 10.5 Å². The molecule has 0 fully saturated rings. The highest BCUT2D eigenvalue weighted by Gasteiger charge is 2.17. The van der Waals surface area contributed by atoms with Crippen molar-refractivity contribution >= 4 is 27.9 Å². The molecule has 0 aliphatic carbocycles. The van der Waals surface area contributed by atoms with Gasteiger partial charge in [-0.1, -0.05) is 12.1 Å². The number of hydrogen-bond acceptors (Lipinski definition) is 6. The van der Waals surface area contributed by atoms with Crippen LogP contribution in [0.1, 0.15) is 5.56 Å². The van der Waals surface area contributed by atoms with Crippen molar-refractivity contribution in [1.29, 1.82) is 0 Å². The molecule has 7 heteroatoms. The fourth-order valence-electron chi connectivity index (χ4n) is 2.78. The lowest BCUT2D eigenvalue weighted by Gasteiger charge is -2.08. The molecule has 1 aromatic carbocycles. The lowest BCUT2D eigenvalue weighted by atomic mass is 10.2. The fraction of sp³-hybridized carbons (Fsp3) is 0.118. The van der Waals surface area contributed by atoms with E-state index in [0.29, 0.717) is 28.6 Å². The highest BCUT2D eigenvalue weighted by Crippen LogP contribution is 2.30. The summed E-state index contributed by atoms with van der Waals surface area (Å²) in [4.78, 5) is 12.8. The summed E-state index contributed by atoms with van der Waals surface area (Å²) in [7, 11) is 1.62. The van der Waals surface area contributed by atoms with Crippen LogP contribution >= 0.6 is 0 Å². The van der Waals surface area contributed by atoms with Gasteiger partial charge in [-0.2, -0.15) is 4.98 Å². The molecule has 0 saturated carbocycles. The van der Waals surface area contributed by atoms with E-state index >= 15 is 0 Å². The number of anilines is 1. The van der Waals surface area contributed by atoms with Crippen LogP contribution in [0.15, 0.2) is 42.6 Å². The summed E-state index contributed by atoms with van der Waals surface area (Å²) in [6, 6.07) is 11.1. The van der Waals surface area contributed by atoms with Gasteiger partial charge < -0.3 is 15.6 Å². The van der Waals surface area contributed by atoms with Crippen LogP contribution in [0, 0.1) is 0 Å².